The molecule has 3 heteroatoms. The van der Waals surface area contributed by atoms with E-state index < -0.39 is 5.60 Å². The van der Waals surface area contributed by atoms with Crippen LogP contribution in [-0.2, 0) is 0 Å². The van der Waals surface area contributed by atoms with Crippen LogP contribution < -0.4 is 5.32 Å². The molecular formula is C10H23NO2. The number of rotatable bonds is 6. The van der Waals surface area contributed by atoms with E-state index in [0.29, 0.717) is 0 Å². The molecule has 80 valence electrons. The van der Waals surface area contributed by atoms with Crippen LogP contribution in [0, 0.1) is 0 Å². The van der Waals surface area contributed by atoms with Gasteiger partial charge < -0.3 is 15.5 Å². The zero-order valence-corrected chi connectivity index (χ0v) is 9.17. The predicted octanol–water partition coefficient (Wildman–Crippen LogP) is 0.896. The molecule has 0 aliphatic carbocycles. The minimum Gasteiger partial charge on any atom is -0.393 e. The van der Waals surface area contributed by atoms with E-state index in [1.165, 1.54) is 0 Å². The van der Waals surface area contributed by atoms with Crippen molar-refractivity contribution in [1.29, 1.82) is 0 Å². The standard InChI is InChI=1S/C10H23NO2/c1-8(12)6-5-7-11-9(2)10(3,4)13/h8-9,11-13H,5-7H2,1-4H3. The number of aliphatic hydroxyl groups is 2. The van der Waals surface area contributed by atoms with Crippen LogP contribution in [0.5, 0.6) is 0 Å². The second kappa shape index (κ2) is 5.58. The normalized spacial score (nSPS) is 17.1. The van der Waals surface area contributed by atoms with Crippen molar-refractivity contribution >= 4 is 0 Å². The van der Waals surface area contributed by atoms with E-state index in [1.54, 1.807) is 20.8 Å². The molecule has 0 amide bonds. The first kappa shape index (κ1) is 12.9. The van der Waals surface area contributed by atoms with Crippen LogP contribution in [0.3, 0.4) is 0 Å². The quantitative estimate of drug-likeness (QED) is 0.544. The molecule has 0 aliphatic heterocycles. The molecule has 0 saturated carbocycles. The fourth-order valence-electron chi connectivity index (χ4n) is 0.966. The molecule has 13 heavy (non-hydrogen) atoms. The van der Waals surface area contributed by atoms with Gasteiger partial charge in [0.25, 0.3) is 0 Å². The highest BCUT2D eigenvalue weighted by Gasteiger charge is 2.20. The van der Waals surface area contributed by atoms with Gasteiger partial charge >= 0.3 is 0 Å². The maximum absolute atomic E-state index is 9.58. The van der Waals surface area contributed by atoms with Crippen molar-refractivity contribution in [2.45, 2.75) is 58.3 Å². The van der Waals surface area contributed by atoms with Crippen LogP contribution in [-0.4, -0.2) is 34.5 Å². The van der Waals surface area contributed by atoms with Crippen LogP contribution in [0.15, 0.2) is 0 Å². The third-order valence-electron chi connectivity index (χ3n) is 2.31. The minimum absolute atomic E-state index is 0.0847. The maximum atomic E-state index is 9.58. The summed E-state index contributed by atoms with van der Waals surface area (Å²) in [7, 11) is 0. The second-order valence-electron chi connectivity index (χ2n) is 4.32. The molecule has 0 bridgehead atoms. The average molecular weight is 189 g/mol. The molecule has 0 aliphatic rings. The maximum Gasteiger partial charge on any atom is 0.0741 e. The summed E-state index contributed by atoms with van der Waals surface area (Å²) in [5, 5.41) is 21.8. The monoisotopic (exact) mass is 189 g/mol. The van der Waals surface area contributed by atoms with Gasteiger partial charge in [-0.25, -0.2) is 0 Å². The van der Waals surface area contributed by atoms with Crippen LogP contribution in [0.4, 0.5) is 0 Å². The number of hydrogen-bond donors (Lipinski definition) is 3. The van der Waals surface area contributed by atoms with Crippen molar-refractivity contribution in [1.82, 2.24) is 5.32 Å². The Kier molecular flexibility index (Phi) is 5.53. The summed E-state index contributed by atoms with van der Waals surface area (Å²) in [5.41, 5.74) is -0.676. The molecule has 3 N–H and O–H groups in total. The molecule has 0 aromatic rings. The number of nitrogens with one attached hydrogen (secondary N) is 1. The van der Waals surface area contributed by atoms with E-state index >= 15 is 0 Å². The summed E-state index contributed by atoms with van der Waals surface area (Å²) in [6, 6.07) is 0.0847. The van der Waals surface area contributed by atoms with Gasteiger partial charge in [0.2, 0.25) is 0 Å². The first-order chi connectivity index (χ1) is 5.84. The summed E-state index contributed by atoms with van der Waals surface area (Å²) in [6.45, 7) is 8.18. The molecular weight excluding hydrogens is 166 g/mol. The molecule has 0 heterocycles. The minimum atomic E-state index is -0.676. The Balaban J connectivity index is 3.43. The number of hydrogen-bond acceptors (Lipinski definition) is 3. The highest BCUT2D eigenvalue weighted by molar-refractivity contribution is 4.79. The fraction of sp³-hybridized carbons (Fsp3) is 1.00. The molecule has 2 atom stereocenters. The molecule has 0 saturated heterocycles. The topological polar surface area (TPSA) is 52.5 Å². The Morgan fingerprint density at radius 1 is 1.31 bits per heavy atom. The second-order valence-corrected chi connectivity index (χ2v) is 4.32. The lowest BCUT2D eigenvalue weighted by atomic mass is 10.0. The average Bonchev–Trinajstić information content (AvgIpc) is 1.95. The number of aliphatic hydroxyl groups excluding tert-OH is 1. The summed E-state index contributed by atoms with van der Waals surface area (Å²) < 4.78 is 0. The largest absolute Gasteiger partial charge is 0.393 e. The van der Waals surface area contributed by atoms with Gasteiger partial charge in [-0.05, 0) is 47.1 Å². The fourth-order valence-corrected chi connectivity index (χ4v) is 0.966. The summed E-state index contributed by atoms with van der Waals surface area (Å²) >= 11 is 0. The van der Waals surface area contributed by atoms with E-state index in [2.05, 4.69) is 5.32 Å². The Bertz CT molecular complexity index is 129. The van der Waals surface area contributed by atoms with Crippen molar-refractivity contribution in [3.63, 3.8) is 0 Å². The SMILES string of the molecule is CC(O)CCCNC(C)C(C)(C)O. The molecule has 0 fully saturated rings. The Labute approximate surface area is 81.2 Å². The van der Waals surface area contributed by atoms with E-state index in [1.807, 2.05) is 6.92 Å². The summed E-state index contributed by atoms with van der Waals surface area (Å²) in [6.07, 6.45) is 1.53. The highest BCUT2D eigenvalue weighted by atomic mass is 16.3. The first-order valence-corrected chi connectivity index (χ1v) is 4.98. The lowest BCUT2D eigenvalue weighted by Gasteiger charge is -2.26. The van der Waals surface area contributed by atoms with Gasteiger partial charge in [0.15, 0.2) is 0 Å². The van der Waals surface area contributed by atoms with E-state index in [9.17, 15) is 5.11 Å². The van der Waals surface area contributed by atoms with Crippen LogP contribution >= 0.6 is 0 Å². The predicted molar refractivity (Wildman–Crippen MR) is 54.7 cm³/mol. The van der Waals surface area contributed by atoms with E-state index in [-0.39, 0.29) is 12.1 Å². The Morgan fingerprint density at radius 2 is 1.85 bits per heavy atom. The van der Waals surface area contributed by atoms with Gasteiger partial charge in [0.1, 0.15) is 0 Å². The van der Waals surface area contributed by atoms with E-state index in [4.69, 9.17) is 5.11 Å². The molecule has 0 rings (SSSR count). The molecule has 0 radical (unpaired) electrons. The third-order valence-corrected chi connectivity index (χ3v) is 2.31. The highest BCUT2D eigenvalue weighted by Crippen LogP contribution is 2.07. The van der Waals surface area contributed by atoms with Crippen LogP contribution in [0.1, 0.15) is 40.5 Å². The van der Waals surface area contributed by atoms with Crippen molar-refractivity contribution in [3.8, 4) is 0 Å². The molecule has 0 aromatic heterocycles. The smallest absolute Gasteiger partial charge is 0.0741 e. The van der Waals surface area contributed by atoms with Gasteiger partial charge in [-0.15, -0.1) is 0 Å². The Hall–Kier alpha value is -0.120. The van der Waals surface area contributed by atoms with Crippen molar-refractivity contribution in [3.05, 3.63) is 0 Å². The molecule has 0 aromatic carbocycles. The molecule has 0 spiro atoms. The van der Waals surface area contributed by atoms with Gasteiger partial charge in [0, 0.05) is 6.04 Å². The first-order valence-electron chi connectivity index (χ1n) is 4.98. The van der Waals surface area contributed by atoms with Crippen LogP contribution in [0.25, 0.3) is 0 Å². The lowest BCUT2D eigenvalue weighted by molar-refractivity contribution is 0.0440. The zero-order valence-electron chi connectivity index (χ0n) is 9.17. The van der Waals surface area contributed by atoms with Gasteiger partial charge in [-0.1, -0.05) is 0 Å². The molecule has 3 nitrogen and oxygen atoms in total. The molecule has 2 unspecified atom stereocenters. The summed E-state index contributed by atoms with van der Waals surface area (Å²) in [4.78, 5) is 0. The van der Waals surface area contributed by atoms with Gasteiger partial charge in [-0.2, -0.15) is 0 Å². The summed E-state index contributed by atoms with van der Waals surface area (Å²) in [5.74, 6) is 0. The van der Waals surface area contributed by atoms with E-state index in [0.717, 1.165) is 19.4 Å². The van der Waals surface area contributed by atoms with Crippen LogP contribution in [0.2, 0.25) is 0 Å². The lowest BCUT2D eigenvalue weighted by Crippen LogP contribution is -2.44. The third kappa shape index (κ3) is 6.99. The van der Waals surface area contributed by atoms with Crippen molar-refractivity contribution < 1.29 is 10.2 Å². The van der Waals surface area contributed by atoms with Gasteiger partial charge in [-0.3, -0.25) is 0 Å². The van der Waals surface area contributed by atoms with Gasteiger partial charge in [0.05, 0.1) is 11.7 Å². The zero-order chi connectivity index (χ0) is 10.5. The van der Waals surface area contributed by atoms with Crippen molar-refractivity contribution in [2.75, 3.05) is 6.54 Å². The van der Waals surface area contributed by atoms with Crippen molar-refractivity contribution in [2.24, 2.45) is 0 Å². The Morgan fingerprint density at radius 3 is 2.23 bits per heavy atom.